The Hall–Kier alpha value is -5.52. The van der Waals surface area contributed by atoms with Crippen LogP contribution in [-0.2, 0) is 23.8 Å². The van der Waals surface area contributed by atoms with E-state index in [-0.39, 0.29) is 82.2 Å². The SMILES string of the molecule is CN(CCOCCOCCOCCC(=O)Nc1cc(C(=O)Oc2c(F)c(F)cc(F)c2F)cc(C(=O)Oc2c(F)c(F)cc(F)c2F)c1)C(=O)CCCCC1SCC2NC(=O)NC21. The molecule has 2 aliphatic rings. The number of rotatable bonds is 22. The van der Waals surface area contributed by atoms with E-state index in [0.717, 1.165) is 37.1 Å². The highest BCUT2D eigenvalue weighted by Crippen LogP contribution is 2.34. The maximum atomic E-state index is 14.2. The molecule has 5 rings (SSSR count). The summed E-state index contributed by atoms with van der Waals surface area (Å²) in [6.45, 7) is 1.05. The third-order valence-electron chi connectivity index (χ3n) is 9.50. The number of esters is 2. The number of amides is 4. The summed E-state index contributed by atoms with van der Waals surface area (Å²) in [6.07, 6.45) is 2.59. The predicted octanol–water partition coefficient (Wildman–Crippen LogP) is 5.80. The van der Waals surface area contributed by atoms with Crippen LogP contribution in [0.1, 0.15) is 52.8 Å². The molecule has 0 bridgehead atoms. The highest BCUT2D eigenvalue weighted by Gasteiger charge is 2.42. The van der Waals surface area contributed by atoms with Gasteiger partial charge in [-0.2, -0.15) is 29.3 Å². The molecule has 4 amide bonds. The van der Waals surface area contributed by atoms with E-state index in [1.165, 1.54) is 0 Å². The quantitative estimate of drug-likeness (QED) is 0.0278. The maximum absolute atomic E-state index is 14.2. The Bertz CT molecular complexity index is 2040. The normalized spacial score (nSPS) is 16.6. The maximum Gasteiger partial charge on any atom is 0.343 e. The van der Waals surface area contributed by atoms with Crippen molar-refractivity contribution < 1.29 is 82.8 Å². The Morgan fingerprint density at radius 3 is 1.73 bits per heavy atom. The third-order valence-corrected chi connectivity index (χ3v) is 11.0. The van der Waals surface area contributed by atoms with Crippen LogP contribution < -0.4 is 25.4 Å². The fraction of sp³-hybridized carbons (Fsp3) is 0.425. The van der Waals surface area contributed by atoms with E-state index >= 15 is 0 Å². The van der Waals surface area contributed by atoms with Crippen molar-refractivity contribution in [2.75, 3.05) is 64.3 Å². The molecule has 0 aliphatic carbocycles. The average Bonchev–Trinajstić information content (AvgIpc) is 3.81. The molecule has 14 nitrogen and oxygen atoms in total. The number of carbonyl (C=O) groups is 5. The van der Waals surface area contributed by atoms with Crippen molar-refractivity contribution in [2.45, 2.75) is 49.4 Å². The van der Waals surface area contributed by atoms with Crippen LogP contribution >= 0.6 is 11.8 Å². The third kappa shape index (κ3) is 13.3. The second kappa shape index (κ2) is 22.7. The molecule has 0 aromatic heterocycles. The summed E-state index contributed by atoms with van der Waals surface area (Å²) in [5.74, 6) is -23.2. The molecule has 0 saturated carbocycles. The Morgan fingerprint density at radius 1 is 0.683 bits per heavy atom. The lowest BCUT2D eigenvalue weighted by molar-refractivity contribution is -0.130. The predicted molar refractivity (Wildman–Crippen MR) is 206 cm³/mol. The van der Waals surface area contributed by atoms with Crippen LogP contribution in [0.5, 0.6) is 11.5 Å². The summed E-state index contributed by atoms with van der Waals surface area (Å²) in [4.78, 5) is 64.1. The number of anilines is 1. The zero-order valence-electron chi connectivity index (χ0n) is 33.3. The van der Waals surface area contributed by atoms with Crippen molar-refractivity contribution in [1.82, 2.24) is 15.5 Å². The topological polar surface area (TPSA) is 171 Å². The fourth-order valence-corrected chi connectivity index (χ4v) is 7.78. The number of thioether (sulfide) groups is 1. The highest BCUT2D eigenvalue weighted by molar-refractivity contribution is 8.00. The second-order valence-electron chi connectivity index (χ2n) is 14.0. The molecule has 2 heterocycles. The minimum atomic E-state index is -2.10. The molecule has 3 unspecified atom stereocenters. The average molecular weight is 921 g/mol. The molecule has 3 aromatic carbocycles. The van der Waals surface area contributed by atoms with E-state index in [1.807, 2.05) is 11.8 Å². The van der Waals surface area contributed by atoms with Crippen LogP contribution in [0.2, 0.25) is 0 Å². The highest BCUT2D eigenvalue weighted by atomic mass is 32.2. The summed E-state index contributed by atoms with van der Waals surface area (Å²) >= 11 is 1.83. The number of halogens is 8. The number of urea groups is 1. The molecule has 0 spiro atoms. The van der Waals surface area contributed by atoms with Gasteiger partial charge in [0.05, 0.1) is 69.3 Å². The minimum absolute atomic E-state index is 0.000267. The lowest BCUT2D eigenvalue weighted by atomic mass is 10.0. The molecule has 342 valence electrons. The molecule has 63 heavy (non-hydrogen) atoms. The van der Waals surface area contributed by atoms with Crippen molar-refractivity contribution in [3.8, 4) is 11.5 Å². The number of likely N-dealkylation sites (N-methyl/N-ethyl adjacent to an activating group) is 1. The second-order valence-corrected chi connectivity index (χ2v) is 15.3. The Labute approximate surface area is 358 Å². The van der Waals surface area contributed by atoms with Gasteiger partial charge in [-0.1, -0.05) is 6.42 Å². The summed E-state index contributed by atoms with van der Waals surface area (Å²) < 4.78 is 137. The van der Waals surface area contributed by atoms with Gasteiger partial charge in [-0.25, -0.2) is 31.9 Å². The molecule has 2 saturated heterocycles. The zero-order chi connectivity index (χ0) is 45.8. The molecular formula is C40H40F8N4O10S. The van der Waals surface area contributed by atoms with Crippen LogP contribution in [0.4, 0.5) is 45.6 Å². The van der Waals surface area contributed by atoms with Gasteiger partial charge in [0, 0.05) is 48.8 Å². The first-order valence-corrected chi connectivity index (χ1v) is 20.3. The van der Waals surface area contributed by atoms with Gasteiger partial charge in [0.1, 0.15) is 0 Å². The van der Waals surface area contributed by atoms with Gasteiger partial charge in [0.2, 0.25) is 46.6 Å². The van der Waals surface area contributed by atoms with E-state index < -0.39 is 92.7 Å². The summed E-state index contributed by atoms with van der Waals surface area (Å²) in [7, 11) is 1.69. The van der Waals surface area contributed by atoms with E-state index in [0.29, 0.717) is 24.3 Å². The van der Waals surface area contributed by atoms with E-state index in [4.69, 9.17) is 14.2 Å². The number of carbonyl (C=O) groups excluding carboxylic acids is 5. The van der Waals surface area contributed by atoms with Crippen LogP contribution in [0.3, 0.4) is 0 Å². The summed E-state index contributed by atoms with van der Waals surface area (Å²) in [5, 5.41) is 8.47. The molecule has 23 heteroatoms. The van der Waals surface area contributed by atoms with Crippen molar-refractivity contribution >= 4 is 47.2 Å². The molecule has 0 radical (unpaired) electrons. The molecule has 3 N–H and O–H groups in total. The Morgan fingerprint density at radius 2 is 1.19 bits per heavy atom. The lowest BCUT2D eigenvalue weighted by Gasteiger charge is -2.18. The number of ether oxygens (including phenoxy) is 5. The van der Waals surface area contributed by atoms with Crippen molar-refractivity contribution in [3.63, 3.8) is 0 Å². The van der Waals surface area contributed by atoms with Gasteiger partial charge in [0.25, 0.3) is 0 Å². The van der Waals surface area contributed by atoms with Crippen molar-refractivity contribution in [1.29, 1.82) is 0 Å². The first-order chi connectivity index (χ1) is 30.0. The Kier molecular flexibility index (Phi) is 17.5. The zero-order valence-corrected chi connectivity index (χ0v) is 34.1. The molecule has 3 aromatic rings. The largest absolute Gasteiger partial charge is 0.416 e. The van der Waals surface area contributed by atoms with E-state index in [1.54, 1.807) is 11.9 Å². The fourth-order valence-electron chi connectivity index (χ4n) is 6.23. The molecule has 2 fully saturated rings. The minimum Gasteiger partial charge on any atom is -0.416 e. The van der Waals surface area contributed by atoms with Gasteiger partial charge in [0.15, 0.2) is 23.3 Å². The molecule has 2 aliphatic heterocycles. The monoisotopic (exact) mass is 920 g/mol. The lowest BCUT2D eigenvalue weighted by Crippen LogP contribution is -2.36. The first-order valence-electron chi connectivity index (χ1n) is 19.2. The number of fused-ring (bicyclic) bond motifs is 1. The number of benzene rings is 3. The van der Waals surface area contributed by atoms with Crippen LogP contribution in [0.15, 0.2) is 30.3 Å². The van der Waals surface area contributed by atoms with Gasteiger partial charge < -0.3 is 44.5 Å². The van der Waals surface area contributed by atoms with Gasteiger partial charge in [-0.3, -0.25) is 9.59 Å². The first kappa shape index (κ1) is 48.5. The smallest absolute Gasteiger partial charge is 0.343 e. The number of nitrogens with one attached hydrogen (secondary N) is 3. The van der Waals surface area contributed by atoms with Gasteiger partial charge in [-0.15, -0.1) is 0 Å². The number of unbranched alkanes of at least 4 members (excludes halogenated alkanes) is 1. The van der Waals surface area contributed by atoms with E-state index in [9.17, 15) is 59.1 Å². The number of hydrogen-bond acceptors (Lipinski definition) is 11. The van der Waals surface area contributed by atoms with Crippen LogP contribution in [0, 0.1) is 46.5 Å². The van der Waals surface area contributed by atoms with E-state index in [2.05, 4.69) is 25.4 Å². The van der Waals surface area contributed by atoms with Crippen molar-refractivity contribution in [3.05, 3.63) is 88.0 Å². The summed E-state index contributed by atoms with van der Waals surface area (Å²) in [5.41, 5.74) is -2.12. The van der Waals surface area contributed by atoms with Crippen LogP contribution in [0.25, 0.3) is 0 Å². The molecular weight excluding hydrogens is 881 g/mol. The molecule has 3 atom stereocenters. The van der Waals surface area contributed by atoms with Gasteiger partial charge in [-0.05, 0) is 31.0 Å². The Balaban J connectivity index is 1.02. The van der Waals surface area contributed by atoms with Crippen LogP contribution in [-0.4, -0.2) is 111 Å². The van der Waals surface area contributed by atoms with Gasteiger partial charge >= 0.3 is 18.0 Å². The number of nitrogens with zero attached hydrogens (tertiary/aromatic N) is 1. The van der Waals surface area contributed by atoms with Crippen molar-refractivity contribution in [2.24, 2.45) is 0 Å². The summed E-state index contributed by atoms with van der Waals surface area (Å²) in [6, 6.07) is 1.97. The number of hydrogen-bond donors (Lipinski definition) is 3. The standard InChI is InChI=1S/C40H40F8N4O10S/c1-52(30(54)5-3-2-4-28-35-27(19-63-28)50-40(57)51-35)7-9-59-11-13-60-12-10-58-8-6-29(53)49-22-15-20(38(55)61-36-31(45)23(41)17-24(42)32(36)46)14-21(16-22)39(56)62-37-33(47)25(43)18-26(44)34(37)48/h14-18,27-28,35H,2-13,19H2,1H3,(H,49,53)(H2,50,51,57).